The van der Waals surface area contributed by atoms with Gasteiger partial charge in [-0.25, -0.2) is 0 Å². The van der Waals surface area contributed by atoms with E-state index in [1.807, 2.05) is 19.3 Å². The summed E-state index contributed by atoms with van der Waals surface area (Å²) in [5, 5.41) is 3.45. The number of rotatable bonds is 7. The number of pyridine rings is 1. The monoisotopic (exact) mass is 396 g/mol. The van der Waals surface area contributed by atoms with Crippen LogP contribution < -0.4 is 10.9 Å². The lowest BCUT2D eigenvalue weighted by molar-refractivity contribution is 0.0625. The average Bonchev–Trinajstić information content (AvgIpc) is 2.76. The van der Waals surface area contributed by atoms with Crippen LogP contribution in [0.1, 0.15) is 30.4 Å². The molecule has 0 amide bonds. The minimum atomic E-state index is 0.0193. The second kappa shape index (κ2) is 10.8. The molecule has 1 fully saturated rings. The number of aromatic nitrogens is 1. The molecule has 2 aromatic rings. The molecule has 0 radical (unpaired) electrons. The lowest BCUT2D eigenvalue weighted by atomic mass is 9.96. The minimum Gasteiger partial charge on any atom is -0.381 e. The Hall–Kier alpha value is -2.60. The van der Waals surface area contributed by atoms with Crippen molar-refractivity contribution >= 4 is 5.96 Å². The first-order valence-electron chi connectivity index (χ1n) is 10.4. The molecule has 29 heavy (non-hydrogen) atoms. The van der Waals surface area contributed by atoms with Crippen molar-refractivity contribution in [2.24, 2.45) is 10.9 Å². The molecule has 2 heterocycles. The number of nitrogens with zero attached hydrogens (tertiary/aromatic N) is 3. The van der Waals surface area contributed by atoms with Crippen LogP contribution in [0, 0.1) is 5.92 Å². The standard InChI is InChI=1S/C23H32N4O2/c1-24-23(26(2)14-10-19-11-15-29-16-12-19)25-17-20-6-8-21(9-7-20)18-27-13-4-3-5-22(27)28/h3-9,13,19H,10-12,14-18H2,1-2H3,(H,24,25). The number of guanidine groups is 1. The first-order valence-corrected chi connectivity index (χ1v) is 10.4. The average molecular weight is 397 g/mol. The molecule has 1 saturated heterocycles. The van der Waals surface area contributed by atoms with Gasteiger partial charge in [-0.3, -0.25) is 9.79 Å². The molecule has 1 aromatic carbocycles. The Morgan fingerprint density at radius 2 is 1.90 bits per heavy atom. The van der Waals surface area contributed by atoms with E-state index in [0.29, 0.717) is 6.54 Å². The van der Waals surface area contributed by atoms with E-state index in [2.05, 4.69) is 46.5 Å². The van der Waals surface area contributed by atoms with Crippen LogP contribution in [-0.4, -0.2) is 49.3 Å². The Morgan fingerprint density at radius 1 is 1.17 bits per heavy atom. The van der Waals surface area contributed by atoms with Crippen LogP contribution in [-0.2, 0) is 17.8 Å². The first-order chi connectivity index (χ1) is 14.2. The van der Waals surface area contributed by atoms with Gasteiger partial charge in [-0.15, -0.1) is 0 Å². The SMILES string of the molecule is CN=C(NCc1ccc(Cn2ccccc2=O)cc1)N(C)CCC1CCOCC1. The van der Waals surface area contributed by atoms with E-state index >= 15 is 0 Å². The Kier molecular flexibility index (Phi) is 7.87. The zero-order chi connectivity index (χ0) is 20.5. The van der Waals surface area contributed by atoms with E-state index in [1.54, 1.807) is 16.7 Å². The van der Waals surface area contributed by atoms with Crippen molar-refractivity contribution in [1.82, 2.24) is 14.8 Å². The van der Waals surface area contributed by atoms with E-state index in [-0.39, 0.29) is 5.56 Å². The molecule has 0 atom stereocenters. The van der Waals surface area contributed by atoms with Crippen LogP contribution in [0.15, 0.2) is 58.4 Å². The topological polar surface area (TPSA) is 58.9 Å². The van der Waals surface area contributed by atoms with Gasteiger partial charge in [0.25, 0.3) is 5.56 Å². The van der Waals surface area contributed by atoms with Gasteiger partial charge < -0.3 is 19.5 Å². The highest BCUT2D eigenvalue weighted by Gasteiger charge is 2.15. The number of aliphatic imine (C=N–C) groups is 1. The third-order valence-corrected chi connectivity index (χ3v) is 5.51. The highest BCUT2D eigenvalue weighted by atomic mass is 16.5. The zero-order valence-corrected chi connectivity index (χ0v) is 17.5. The van der Waals surface area contributed by atoms with E-state index in [0.717, 1.165) is 43.7 Å². The summed E-state index contributed by atoms with van der Waals surface area (Å²) in [6.07, 6.45) is 5.33. The third kappa shape index (κ3) is 6.46. The summed E-state index contributed by atoms with van der Waals surface area (Å²) in [5.41, 5.74) is 2.32. The molecule has 0 bridgehead atoms. The maximum Gasteiger partial charge on any atom is 0.250 e. The molecular weight excluding hydrogens is 364 g/mol. The smallest absolute Gasteiger partial charge is 0.250 e. The number of nitrogens with one attached hydrogen (secondary N) is 1. The van der Waals surface area contributed by atoms with Crippen molar-refractivity contribution in [3.8, 4) is 0 Å². The van der Waals surface area contributed by atoms with Crippen molar-refractivity contribution < 1.29 is 4.74 Å². The fourth-order valence-electron chi connectivity index (χ4n) is 3.63. The molecule has 0 spiro atoms. The number of hydrogen-bond acceptors (Lipinski definition) is 3. The summed E-state index contributed by atoms with van der Waals surface area (Å²) < 4.78 is 7.15. The highest BCUT2D eigenvalue weighted by Crippen LogP contribution is 2.18. The lowest BCUT2D eigenvalue weighted by Gasteiger charge is -2.26. The Balaban J connectivity index is 1.47. The molecule has 156 valence electrons. The number of hydrogen-bond donors (Lipinski definition) is 1. The maximum absolute atomic E-state index is 11.8. The Bertz CT molecular complexity index is 838. The molecule has 6 heteroatoms. The van der Waals surface area contributed by atoms with Gasteiger partial charge in [0.2, 0.25) is 0 Å². The van der Waals surface area contributed by atoms with Gasteiger partial charge in [-0.05, 0) is 42.4 Å². The van der Waals surface area contributed by atoms with Crippen LogP contribution >= 0.6 is 0 Å². The van der Waals surface area contributed by atoms with Crippen LogP contribution in [0.3, 0.4) is 0 Å². The Labute approximate surface area is 173 Å². The molecule has 3 rings (SSSR count). The van der Waals surface area contributed by atoms with E-state index < -0.39 is 0 Å². The molecule has 6 nitrogen and oxygen atoms in total. The van der Waals surface area contributed by atoms with Crippen molar-refractivity contribution in [2.75, 3.05) is 33.9 Å². The van der Waals surface area contributed by atoms with Gasteiger partial charge in [-0.1, -0.05) is 30.3 Å². The van der Waals surface area contributed by atoms with Gasteiger partial charge in [0, 0.05) is 52.7 Å². The molecular formula is C23H32N4O2. The summed E-state index contributed by atoms with van der Waals surface area (Å²) in [6.45, 7) is 4.10. The van der Waals surface area contributed by atoms with Gasteiger partial charge in [-0.2, -0.15) is 0 Å². The molecule has 1 aromatic heterocycles. The minimum absolute atomic E-state index is 0.0193. The third-order valence-electron chi connectivity index (χ3n) is 5.51. The van der Waals surface area contributed by atoms with E-state index in [1.165, 1.54) is 24.8 Å². The van der Waals surface area contributed by atoms with Gasteiger partial charge >= 0.3 is 0 Å². The van der Waals surface area contributed by atoms with Crippen LogP contribution in [0.25, 0.3) is 0 Å². The summed E-state index contributed by atoms with van der Waals surface area (Å²) in [6, 6.07) is 13.6. The molecule has 0 saturated carbocycles. The summed E-state index contributed by atoms with van der Waals surface area (Å²) in [7, 11) is 3.92. The first kappa shape index (κ1) is 21.1. The fraction of sp³-hybridized carbons (Fsp3) is 0.478. The number of ether oxygens (including phenoxy) is 1. The van der Waals surface area contributed by atoms with Crippen molar-refractivity contribution in [1.29, 1.82) is 0 Å². The predicted molar refractivity (Wildman–Crippen MR) is 117 cm³/mol. The lowest BCUT2D eigenvalue weighted by Crippen LogP contribution is -2.39. The summed E-state index contributed by atoms with van der Waals surface area (Å²) in [4.78, 5) is 18.5. The second-order valence-corrected chi connectivity index (χ2v) is 7.65. The molecule has 0 unspecified atom stereocenters. The van der Waals surface area contributed by atoms with Crippen LogP contribution in [0.2, 0.25) is 0 Å². The molecule has 1 N–H and O–H groups in total. The van der Waals surface area contributed by atoms with Crippen molar-refractivity contribution in [2.45, 2.75) is 32.4 Å². The van der Waals surface area contributed by atoms with Gasteiger partial charge in [0.1, 0.15) is 0 Å². The van der Waals surface area contributed by atoms with Gasteiger partial charge in [0.15, 0.2) is 5.96 Å². The highest BCUT2D eigenvalue weighted by molar-refractivity contribution is 5.79. The van der Waals surface area contributed by atoms with Gasteiger partial charge in [0.05, 0.1) is 6.54 Å². The van der Waals surface area contributed by atoms with E-state index in [9.17, 15) is 4.79 Å². The fourth-order valence-corrected chi connectivity index (χ4v) is 3.63. The van der Waals surface area contributed by atoms with Crippen molar-refractivity contribution in [3.05, 3.63) is 70.1 Å². The molecule has 0 aliphatic carbocycles. The maximum atomic E-state index is 11.8. The normalized spacial score (nSPS) is 15.3. The van der Waals surface area contributed by atoms with Crippen molar-refractivity contribution in [3.63, 3.8) is 0 Å². The predicted octanol–water partition coefficient (Wildman–Crippen LogP) is 2.72. The van der Waals surface area contributed by atoms with Crippen LogP contribution in [0.5, 0.6) is 0 Å². The largest absolute Gasteiger partial charge is 0.381 e. The molecule has 1 aliphatic rings. The zero-order valence-electron chi connectivity index (χ0n) is 17.5. The second-order valence-electron chi connectivity index (χ2n) is 7.65. The van der Waals surface area contributed by atoms with Crippen LogP contribution in [0.4, 0.5) is 0 Å². The summed E-state index contributed by atoms with van der Waals surface area (Å²) >= 11 is 0. The summed E-state index contributed by atoms with van der Waals surface area (Å²) in [5.74, 6) is 1.67. The number of benzene rings is 1. The quantitative estimate of drug-likeness (QED) is 0.578. The molecule has 1 aliphatic heterocycles. The Morgan fingerprint density at radius 3 is 2.59 bits per heavy atom. The van der Waals surface area contributed by atoms with E-state index in [4.69, 9.17) is 4.74 Å².